The van der Waals surface area contributed by atoms with Crippen LogP contribution >= 0.6 is 0 Å². The van der Waals surface area contributed by atoms with Crippen molar-refractivity contribution < 1.29 is 14.7 Å². The zero-order chi connectivity index (χ0) is 12.8. The van der Waals surface area contributed by atoms with Gasteiger partial charge >= 0.3 is 6.09 Å². The van der Waals surface area contributed by atoms with Crippen LogP contribution in [-0.2, 0) is 6.42 Å². The fourth-order valence-electron chi connectivity index (χ4n) is 1.39. The molecule has 1 amide bonds. The van der Waals surface area contributed by atoms with Crippen molar-refractivity contribution in [1.82, 2.24) is 5.32 Å². The summed E-state index contributed by atoms with van der Waals surface area (Å²) in [5.41, 5.74) is 1.39. The third-order valence-corrected chi connectivity index (χ3v) is 2.25. The van der Waals surface area contributed by atoms with E-state index < -0.39 is 12.1 Å². The summed E-state index contributed by atoms with van der Waals surface area (Å²) in [5.74, 6) is -0.0305. The summed E-state index contributed by atoms with van der Waals surface area (Å²) in [6, 6.07) is 7.82. The van der Waals surface area contributed by atoms with E-state index in [9.17, 15) is 9.59 Å². The van der Waals surface area contributed by atoms with Crippen LogP contribution in [0.4, 0.5) is 4.79 Å². The second-order valence-electron chi connectivity index (χ2n) is 3.59. The first-order chi connectivity index (χ1) is 8.02. The number of amides is 1. The number of nitrogens with one attached hydrogen (secondary N) is 1. The highest BCUT2D eigenvalue weighted by molar-refractivity contribution is 5.94. The third kappa shape index (κ3) is 3.95. The Labute approximate surface area is 98.7 Å². The molecule has 0 heterocycles. The van der Waals surface area contributed by atoms with E-state index in [4.69, 9.17) is 10.4 Å². The number of nitriles is 1. The van der Waals surface area contributed by atoms with E-state index in [1.807, 2.05) is 6.07 Å². The standard InChI is InChI=1S/C12H12N2O3/c1-8(15)10-4-2-9(3-5-10)6-11(7-13)14-12(16)17/h2-5,11,14H,6H2,1H3,(H,16,17)/t11-/m0/s1. The molecule has 0 radical (unpaired) electrons. The molecular formula is C12H12N2O3. The van der Waals surface area contributed by atoms with Crippen molar-refractivity contribution in [3.05, 3.63) is 35.4 Å². The number of carbonyl (C=O) groups is 2. The molecule has 0 unspecified atom stereocenters. The molecule has 2 N–H and O–H groups in total. The van der Waals surface area contributed by atoms with Crippen LogP contribution in [0.1, 0.15) is 22.8 Å². The number of hydrogen-bond acceptors (Lipinski definition) is 3. The molecule has 0 aliphatic rings. The van der Waals surface area contributed by atoms with Crippen LogP contribution in [0.2, 0.25) is 0 Å². The van der Waals surface area contributed by atoms with Crippen molar-refractivity contribution in [3.63, 3.8) is 0 Å². The Hall–Kier alpha value is -2.35. The van der Waals surface area contributed by atoms with Gasteiger partial charge in [0.2, 0.25) is 0 Å². The van der Waals surface area contributed by atoms with E-state index >= 15 is 0 Å². The lowest BCUT2D eigenvalue weighted by molar-refractivity contribution is 0.101. The van der Waals surface area contributed by atoms with Gasteiger partial charge in [-0.25, -0.2) is 4.79 Å². The average molecular weight is 232 g/mol. The molecule has 0 saturated carbocycles. The van der Waals surface area contributed by atoms with Crippen LogP contribution in [0.25, 0.3) is 0 Å². The first-order valence-corrected chi connectivity index (χ1v) is 5.02. The SMILES string of the molecule is CC(=O)c1ccc(C[C@@H](C#N)NC(=O)O)cc1. The lowest BCUT2D eigenvalue weighted by atomic mass is 10.0. The van der Waals surface area contributed by atoms with Crippen molar-refractivity contribution in [2.75, 3.05) is 0 Å². The lowest BCUT2D eigenvalue weighted by Crippen LogP contribution is -2.33. The van der Waals surface area contributed by atoms with Gasteiger partial charge in [-0.2, -0.15) is 5.26 Å². The summed E-state index contributed by atoms with van der Waals surface area (Å²) in [4.78, 5) is 21.4. The quantitative estimate of drug-likeness (QED) is 0.771. The molecule has 0 aromatic heterocycles. The largest absolute Gasteiger partial charge is 0.465 e. The van der Waals surface area contributed by atoms with Gasteiger partial charge in [0.25, 0.3) is 0 Å². The fraction of sp³-hybridized carbons (Fsp3) is 0.250. The molecule has 0 spiro atoms. The first-order valence-electron chi connectivity index (χ1n) is 5.02. The highest BCUT2D eigenvalue weighted by atomic mass is 16.4. The number of hydrogen-bond donors (Lipinski definition) is 2. The van der Waals surface area contributed by atoms with Crippen LogP contribution < -0.4 is 5.32 Å². The van der Waals surface area contributed by atoms with Crippen LogP contribution in [0.15, 0.2) is 24.3 Å². The van der Waals surface area contributed by atoms with Crippen LogP contribution in [-0.4, -0.2) is 23.0 Å². The Morgan fingerprint density at radius 3 is 2.41 bits per heavy atom. The van der Waals surface area contributed by atoms with Gasteiger partial charge in [0.1, 0.15) is 6.04 Å². The van der Waals surface area contributed by atoms with E-state index in [2.05, 4.69) is 5.32 Å². The minimum Gasteiger partial charge on any atom is -0.465 e. The highest BCUT2D eigenvalue weighted by Gasteiger charge is 2.11. The van der Waals surface area contributed by atoms with Gasteiger partial charge in [0.05, 0.1) is 6.07 Å². The Morgan fingerprint density at radius 2 is 2.00 bits per heavy atom. The second-order valence-corrected chi connectivity index (χ2v) is 3.59. The van der Waals surface area contributed by atoms with Gasteiger partial charge in [-0.1, -0.05) is 24.3 Å². The molecule has 1 atom stereocenters. The van der Waals surface area contributed by atoms with Crippen molar-refractivity contribution >= 4 is 11.9 Å². The molecule has 1 aromatic rings. The zero-order valence-corrected chi connectivity index (χ0v) is 9.30. The molecule has 1 aromatic carbocycles. The first kappa shape index (κ1) is 12.7. The second kappa shape index (κ2) is 5.66. The molecule has 5 heteroatoms. The van der Waals surface area contributed by atoms with Gasteiger partial charge < -0.3 is 10.4 Å². The van der Waals surface area contributed by atoms with Crippen molar-refractivity contribution in [2.45, 2.75) is 19.4 Å². The number of benzene rings is 1. The smallest absolute Gasteiger partial charge is 0.405 e. The summed E-state index contributed by atoms with van der Waals surface area (Å²) in [6.45, 7) is 1.47. The molecule has 0 fully saturated rings. The summed E-state index contributed by atoms with van der Waals surface area (Å²) >= 11 is 0. The van der Waals surface area contributed by atoms with Crippen LogP contribution in [0.5, 0.6) is 0 Å². The van der Waals surface area contributed by atoms with E-state index in [1.165, 1.54) is 6.92 Å². The number of nitrogens with zero attached hydrogens (tertiary/aromatic N) is 1. The topological polar surface area (TPSA) is 90.2 Å². The van der Waals surface area contributed by atoms with Gasteiger partial charge in [-0.05, 0) is 12.5 Å². The van der Waals surface area contributed by atoms with Crippen molar-refractivity contribution in [1.29, 1.82) is 5.26 Å². The molecule has 0 bridgehead atoms. The predicted molar refractivity (Wildman–Crippen MR) is 60.7 cm³/mol. The number of Topliss-reactive ketones (excluding diaryl/α,β-unsaturated/α-hetero) is 1. The van der Waals surface area contributed by atoms with Gasteiger partial charge in [-0.15, -0.1) is 0 Å². The number of ketones is 1. The Kier molecular flexibility index (Phi) is 4.23. The van der Waals surface area contributed by atoms with E-state index in [0.717, 1.165) is 5.56 Å². The summed E-state index contributed by atoms with van der Waals surface area (Å²) in [6.07, 6.45) is -0.946. The number of rotatable bonds is 4. The molecule has 17 heavy (non-hydrogen) atoms. The van der Waals surface area contributed by atoms with Crippen molar-refractivity contribution in [2.24, 2.45) is 0 Å². The van der Waals surface area contributed by atoms with E-state index in [1.54, 1.807) is 24.3 Å². The average Bonchev–Trinajstić information content (AvgIpc) is 2.28. The number of carboxylic acid groups (broad SMARTS) is 1. The Bertz CT molecular complexity index is 460. The minimum absolute atomic E-state index is 0.0305. The molecule has 1 rings (SSSR count). The maximum Gasteiger partial charge on any atom is 0.405 e. The maximum absolute atomic E-state index is 11.0. The molecule has 0 aliphatic heterocycles. The van der Waals surface area contributed by atoms with Gasteiger partial charge in [0, 0.05) is 12.0 Å². The van der Waals surface area contributed by atoms with E-state index in [0.29, 0.717) is 5.56 Å². The lowest BCUT2D eigenvalue weighted by Gasteiger charge is -2.08. The van der Waals surface area contributed by atoms with Gasteiger partial charge in [0.15, 0.2) is 5.78 Å². The molecular weight excluding hydrogens is 220 g/mol. The summed E-state index contributed by atoms with van der Waals surface area (Å²) in [7, 11) is 0. The monoisotopic (exact) mass is 232 g/mol. The fourth-order valence-corrected chi connectivity index (χ4v) is 1.39. The number of carbonyl (C=O) groups excluding carboxylic acids is 1. The van der Waals surface area contributed by atoms with E-state index in [-0.39, 0.29) is 12.2 Å². The van der Waals surface area contributed by atoms with Gasteiger partial charge in [-0.3, -0.25) is 4.79 Å². The van der Waals surface area contributed by atoms with Crippen LogP contribution in [0, 0.1) is 11.3 Å². The molecule has 0 saturated heterocycles. The summed E-state index contributed by atoms with van der Waals surface area (Å²) in [5, 5.41) is 19.4. The molecule has 88 valence electrons. The highest BCUT2D eigenvalue weighted by Crippen LogP contribution is 2.07. The van der Waals surface area contributed by atoms with Crippen LogP contribution in [0.3, 0.4) is 0 Å². The Balaban J connectivity index is 2.71. The zero-order valence-electron chi connectivity index (χ0n) is 9.30. The molecule has 0 aliphatic carbocycles. The third-order valence-electron chi connectivity index (χ3n) is 2.25. The summed E-state index contributed by atoms with van der Waals surface area (Å²) < 4.78 is 0. The normalized spacial score (nSPS) is 11.3. The molecule has 5 nitrogen and oxygen atoms in total. The maximum atomic E-state index is 11.0. The predicted octanol–water partition coefficient (Wildman–Crippen LogP) is 1.59. The minimum atomic E-state index is -1.23. The van der Waals surface area contributed by atoms with Crippen molar-refractivity contribution in [3.8, 4) is 6.07 Å². The Morgan fingerprint density at radius 1 is 1.41 bits per heavy atom.